The van der Waals surface area contributed by atoms with Crippen LogP contribution in [-0.2, 0) is 16.0 Å². The van der Waals surface area contributed by atoms with Crippen molar-refractivity contribution in [1.82, 2.24) is 5.32 Å². The molecule has 1 aliphatic rings. The summed E-state index contributed by atoms with van der Waals surface area (Å²) in [6, 6.07) is 7.43. The molecule has 2 rings (SSSR count). The molecule has 0 aromatic heterocycles. The van der Waals surface area contributed by atoms with Gasteiger partial charge < -0.3 is 15.2 Å². The van der Waals surface area contributed by atoms with Gasteiger partial charge in [-0.2, -0.15) is 0 Å². The molecule has 0 heterocycles. The van der Waals surface area contributed by atoms with Crippen molar-refractivity contribution in [3.8, 4) is 5.75 Å². The van der Waals surface area contributed by atoms with Crippen LogP contribution in [0.4, 0.5) is 0 Å². The number of nitrogens with one attached hydrogen (secondary N) is 1. The summed E-state index contributed by atoms with van der Waals surface area (Å²) in [5, 5.41) is 11.9. The van der Waals surface area contributed by atoms with Gasteiger partial charge in [-0.1, -0.05) is 12.1 Å². The second-order valence-corrected chi connectivity index (χ2v) is 5.37. The summed E-state index contributed by atoms with van der Waals surface area (Å²) in [6.45, 7) is 2.54. The fourth-order valence-corrected chi connectivity index (χ4v) is 2.67. The van der Waals surface area contributed by atoms with E-state index in [0.717, 1.165) is 17.7 Å². The number of ether oxygens (including phenoxy) is 1. The number of hydrogen-bond acceptors (Lipinski definition) is 3. The quantitative estimate of drug-likeness (QED) is 0.840. The zero-order valence-electron chi connectivity index (χ0n) is 12.2. The Morgan fingerprint density at radius 1 is 1.29 bits per heavy atom. The lowest BCUT2D eigenvalue weighted by Crippen LogP contribution is -2.34. The van der Waals surface area contributed by atoms with Gasteiger partial charge in [0.2, 0.25) is 5.91 Å². The SMILES string of the molecule is CCOc1ccc(CC(=O)NC2CCC(C(=O)O)C2)cc1. The molecule has 1 aromatic carbocycles. The molecule has 5 nitrogen and oxygen atoms in total. The van der Waals surface area contributed by atoms with Gasteiger partial charge in [0.15, 0.2) is 0 Å². The van der Waals surface area contributed by atoms with E-state index in [1.165, 1.54) is 0 Å². The van der Waals surface area contributed by atoms with Crippen LogP contribution in [0, 0.1) is 5.92 Å². The molecular weight excluding hydrogens is 270 g/mol. The van der Waals surface area contributed by atoms with Crippen molar-refractivity contribution in [1.29, 1.82) is 0 Å². The van der Waals surface area contributed by atoms with Crippen molar-refractivity contribution in [2.75, 3.05) is 6.61 Å². The number of amides is 1. The maximum Gasteiger partial charge on any atom is 0.306 e. The first-order chi connectivity index (χ1) is 10.1. The highest BCUT2D eigenvalue weighted by Crippen LogP contribution is 2.25. The Balaban J connectivity index is 1.80. The van der Waals surface area contributed by atoms with Crippen molar-refractivity contribution >= 4 is 11.9 Å². The van der Waals surface area contributed by atoms with E-state index < -0.39 is 5.97 Å². The molecule has 21 heavy (non-hydrogen) atoms. The van der Waals surface area contributed by atoms with Gasteiger partial charge in [-0.15, -0.1) is 0 Å². The van der Waals surface area contributed by atoms with Crippen molar-refractivity contribution < 1.29 is 19.4 Å². The van der Waals surface area contributed by atoms with Gasteiger partial charge >= 0.3 is 5.97 Å². The minimum atomic E-state index is -0.765. The van der Waals surface area contributed by atoms with Crippen LogP contribution >= 0.6 is 0 Å². The second kappa shape index (κ2) is 7.11. The Morgan fingerprint density at radius 2 is 2.00 bits per heavy atom. The van der Waals surface area contributed by atoms with Crippen molar-refractivity contribution in [2.45, 2.75) is 38.6 Å². The van der Waals surface area contributed by atoms with E-state index in [4.69, 9.17) is 9.84 Å². The number of carbonyl (C=O) groups is 2. The third kappa shape index (κ3) is 4.48. The van der Waals surface area contributed by atoms with Crippen LogP contribution in [0.3, 0.4) is 0 Å². The first-order valence-electron chi connectivity index (χ1n) is 7.32. The van der Waals surface area contributed by atoms with E-state index in [0.29, 0.717) is 25.9 Å². The lowest BCUT2D eigenvalue weighted by atomic mass is 10.1. The fourth-order valence-electron chi connectivity index (χ4n) is 2.67. The van der Waals surface area contributed by atoms with Gasteiger partial charge in [-0.25, -0.2) is 0 Å². The van der Waals surface area contributed by atoms with E-state index in [-0.39, 0.29) is 17.9 Å². The third-order valence-electron chi connectivity index (χ3n) is 3.75. The molecule has 114 valence electrons. The highest BCUT2D eigenvalue weighted by atomic mass is 16.5. The summed E-state index contributed by atoms with van der Waals surface area (Å²) < 4.78 is 5.35. The summed E-state index contributed by atoms with van der Waals surface area (Å²) in [7, 11) is 0. The van der Waals surface area contributed by atoms with E-state index >= 15 is 0 Å². The Bertz CT molecular complexity index is 498. The number of aliphatic carboxylic acids is 1. The van der Waals surface area contributed by atoms with E-state index in [2.05, 4.69) is 5.32 Å². The average Bonchev–Trinajstić information content (AvgIpc) is 2.90. The number of carboxylic acids is 1. The zero-order chi connectivity index (χ0) is 15.2. The molecule has 2 atom stereocenters. The highest BCUT2D eigenvalue weighted by Gasteiger charge is 2.30. The highest BCUT2D eigenvalue weighted by molar-refractivity contribution is 5.79. The smallest absolute Gasteiger partial charge is 0.306 e. The first-order valence-corrected chi connectivity index (χ1v) is 7.32. The maximum absolute atomic E-state index is 12.0. The van der Waals surface area contributed by atoms with E-state index in [1.807, 2.05) is 31.2 Å². The molecule has 1 fully saturated rings. The average molecular weight is 291 g/mol. The number of carbonyl (C=O) groups excluding carboxylic acids is 1. The maximum atomic E-state index is 12.0. The lowest BCUT2D eigenvalue weighted by molar-refractivity contribution is -0.141. The Labute approximate surface area is 124 Å². The summed E-state index contributed by atoms with van der Waals surface area (Å²) in [5.41, 5.74) is 0.920. The van der Waals surface area contributed by atoms with Crippen molar-refractivity contribution in [3.63, 3.8) is 0 Å². The van der Waals surface area contributed by atoms with Gasteiger partial charge in [0.05, 0.1) is 18.9 Å². The molecule has 2 unspecified atom stereocenters. The topological polar surface area (TPSA) is 75.6 Å². The van der Waals surface area contributed by atoms with Crippen LogP contribution < -0.4 is 10.1 Å². The van der Waals surface area contributed by atoms with Gasteiger partial charge in [-0.3, -0.25) is 9.59 Å². The first kappa shape index (κ1) is 15.4. The molecule has 0 aliphatic heterocycles. The molecule has 1 amide bonds. The van der Waals surface area contributed by atoms with Gasteiger partial charge in [0.25, 0.3) is 0 Å². The second-order valence-electron chi connectivity index (χ2n) is 5.37. The van der Waals surface area contributed by atoms with E-state index in [1.54, 1.807) is 0 Å². The van der Waals surface area contributed by atoms with Gasteiger partial charge in [0, 0.05) is 6.04 Å². The fraction of sp³-hybridized carbons (Fsp3) is 0.500. The Hall–Kier alpha value is -2.04. The molecule has 2 N–H and O–H groups in total. The van der Waals surface area contributed by atoms with E-state index in [9.17, 15) is 9.59 Å². The molecule has 0 bridgehead atoms. The molecule has 1 aromatic rings. The number of benzene rings is 1. The summed E-state index contributed by atoms with van der Waals surface area (Å²) >= 11 is 0. The van der Waals surface area contributed by atoms with Crippen LogP contribution in [0.1, 0.15) is 31.7 Å². The predicted molar refractivity (Wildman–Crippen MR) is 78.2 cm³/mol. The van der Waals surface area contributed by atoms with Gasteiger partial charge in [0.1, 0.15) is 5.75 Å². The molecular formula is C16H21NO4. The normalized spacial score (nSPS) is 21.0. The monoisotopic (exact) mass is 291 g/mol. The molecule has 0 spiro atoms. The van der Waals surface area contributed by atoms with Crippen LogP contribution in [0.15, 0.2) is 24.3 Å². The Morgan fingerprint density at radius 3 is 2.57 bits per heavy atom. The minimum Gasteiger partial charge on any atom is -0.494 e. The summed E-state index contributed by atoms with van der Waals surface area (Å²) in [4.78, 5) is 22.9. The van der Waals surface area contributed by atoms with Crippen LogP contribution in [0.2, 0.25) is 0 Å². The summed E-state index contributed by atoms with van der Waals surface area (Å²) in [6.07, 6.45) is 2.22. The number of carboxylic acid groups (broad SMARTS) is 1. The molecule has 0 saturated heterocycles. The predicted octanol–water partition coefficient (Wildman–Crippen LogP) is 2.00. The number of hydrogen-bond donors (Lipinski definition) is 2. The lowest BCUT2D eigenvalue weighted by Gasteiger charge is -2.12. The van der Waals surface area contributed by atoms with Gasteiger partial charge in [-0.05, 0) is 43.9 Å². The Kier molecular flexibility index (Phi) is 5.20. The standard InChI is InChI=1S/C16H21NO4/c1-2-21-14-7-3-11(4-8-14)9-15(18)17-13-6-5-12(10-13)16(19)20/h3-4,7-8,12-13H,2,5-6,9-10H2,1H3,(H,17,18)(H,19,20). The van der Waals surface area contributed by atoms with Crippen LogP contribution in [-0.4, -0.2) is 29.6 Å². The zero-order valence-corrected chi connectivity index (χ0v) is 12.2. The molecule has 0 radical (unpaired) electrons. The number of rotatable bonds is 6. The summed E-state index contributed by atoms with van der Waals surface area (Å²) in [5.74, 6) is -0.351. The largest absolute Gasteiger partial charge is 0.494 e. The van der Waals surface area contributed by atoms with Crippen molar-refractivity contribution in [3.05, 3.63) is 29.8 Å². The third-order valence-corrected chi connectivity index (χ3v) is 3.75. The molecule has 5 heteroatoms. The molecule has 1 aliphatic carbocycles. The van der Waals surface area contributed by atoms with Crippen LogP contribution in [0.5, 0.6) is 5.75 Å². The molecule has 1 saturated carbocycles. The minimum absolute atomic E-state index is 0.0127. The van der Waals surface area contributed by atoms with Crippen molar-refractivity contribution in [2.24, 2.45) is 5.92 Å². The van der Waals surface area contributed by atoms with Crippen LogP contribution in [0.25, 0.3) is 0 Å².